The second-order valence-corrected chi connectivity index (χ2v) is 5.20. The molecule has 0 N–H and O–H groups in total. The minimum absolute atomic E-state index is 0.0296. The van der Waals surface area contributed by atoms with Gasteiger partial charge in [-0.05, 0) is 17.5 Å². The summed E-state index contributed by atoms with van der Waals surface area (Å²) in [5.41, 5.74) is 0.682. The summed E-state index contributed by atoms with van der Waals surface area (Å²) in [7, 11) is 0. The molecule has 0 saturated heterocycles. The molecule has 2 unspecified atom stereocenters. The van der Waals surface area contributed by atoms with Gasteiger partial charge in [-0.1, -0.05) is 20.8 Å². The second-order valence-electron chi connectivity index (χ2n) is 5.20. The van der Waals surface area contributed by atoms with Gasteiger partial charge in [0.2, 0.25) is 5.91 Å². The van der Waals surface area contributed by atoms with E-state index in [4.69, 9.17) is 0 Å². The molecule has 2 atom stereocenters. The zero-order chi connectivity index (χ0) is 14.0. The van der Waals surface area contributed by atoms with Gasteiger partial charge in [0.15, 0.2) is 0 Å². The van der Waals surface area contributed by atoms with Crippen LogP contribution >= 0.6 is 0 Å². The highest BCUT2D eigenvalue weighted by molar-refractivity contribution is 5.81. The van der Waals surface area contributed by atoms with E-state index in [0.29, 0.717) is 12.0 Å². The second kappa shape index (κ2) is 5.47. The number of carbonyl (C=O) groups is 1. The lowest BCUT2D eigenvalue weighted by Crippen LogP contribution is -2.33. The van der Waals surface area contributed by atoms with Crippen LogP contribution in [-0.4, -0.2) is 22.1 Å². The number of aromatic nitrogens is 1. The fourth-order valence-corrected chi connectivity index (χ4v) is 2.01. The molecule has 4 nitrogen and oxygen atoms in total. The molecule has 0 spiro atoms. The fraction of sp³-hybridized carbons (Fsp3) is 0.500. The summed E-state index contributed by atoms with van der Waals surface area (Å²) in [6.45, 7) is 5.89. The van der Waals surface area contributed by atoms with Crippen molar-refractivity contribution in [3.05, 3.63) is 29.8 Å². The topological polar surface area (TPSA) is 45.6 Å². The molecule has 0 aliphatic carbocycles. The number of carbonyl (C=O) groups excluding carboxylic acids is 1. The Morgan fingerprint density at radius 1 is 1.42 bits per heavy atom. The van der Waals surface area contributed by atoms with Crippen molar-refractivity contribution in [2.75, 3.05) is 0 Å². The Balaban J connectivity index is 2.21. The van der Waals surface area contributed by atoms with Gasteiger partial charge in [-0.15, -0.1) is 0 Å². The van der Waals surface area contributed by atoms with Crippen LogP contribution in [-0.2, 0) is 4.79 Å². The van der Waals surface area contributed by atoms with Crippen LogP contribution < -0.4 is 0 Å². The number of nitrogens with zero attached hydrogens (tertiary/aromatic N) is 3. The first-order valence-electron chi connectivity index (χ1n) is 6.46. The molecule has 102 valence electrons. The number of hydrogen-bond donors (Lipinski definition) is 0. The average molecular weight is 263 g/mol. The van der Waals surface area contributed by atoms with Crippen LogP contribution in [0, 0.1) is 17.7 Å². The van der Waals surface area contributed by atoms with Crippen LogP contribution in [0.25, 0.3) is 0 Å². The predicted molar refractivity (Wildman–Crippen MR) is 70.9 cm³/mol. The van der Waals surface area contributed by atoms with Crippen molar-refractivity contribution in [3.63, 3.8) is 0 Å². The lowest BCUT2D eigenvalue weighted by atomic mass is 9.96. The van der Waals surface area contributed by atoms with E-state index in [2.05, 4.69) is 10.1 Å². The summed E-state index contributed by atoms with van der Waals surface area (Å²) in [6, 6.07) is 1.17. The molecule has 2 rings (SSSR count). The average Bonchev–Trinajstić information content (AvgIpc) is 2.86. The first-order chi connectivity index (χ1) is 9.00. The molecule has 0 saturated carbocycles. The number of hydrazone groups is 1. The number of amides is 1. The van der Waals surface area contributed by atoms with Gasteiger partial charge in [-0.2, -0.15) is 5.10 Å². The van der Waals surface area contributed by atoms with Crippen LogP contribution in [0.2, 0.25) is 0 Å². The van der Waals surface area contributed by atoms with Gasteiger partial charge in [-0.3, -0.25) is 9.78 Å². The maximum atomic E-state index is 13.2. The van der Waals surface area contributed by atoms with Gasteiger partial charge < -0.3 is 0 Å². The van der Waals surface area contributed by atoms with Crippen LogP contribution in [0.3, 0.4) is 0 Å². The fourth-order valence-electron chi connectivity index (χ4n) is 2.01. The molecular formula is C14H18FN3O. The van der Waals surface area contributed by atoms with Gasteiger partial charge >= 0.3 is 0 Å². The highest BCUT2D eigenvalue weighted by Crippen LogP contribution is 2.30. The van der Waals surface area contributed by atoms with E-state index in [0.717, 1.165) is 6.20 Å². The van der Waals surface area contributed by atoms with Crippen molar-refractivity contribution in [2.24, 2.45) is 16.9 Å². The van der Waals surface area contributed by atoms with E-state index in [1.54, 1.807) is 12.4 Å². The van der Waals surface area contributed by atoms with Crippen molar-refractivity contribution in [2.45, 2.75) is 33.2 Å². The van der Waals surface area contributed by atoms with Gasteiger partial charge in [-0.25, -0.2) is 9.40 Å². The number of hydrogen-bond acceptors (Lipinski definition) is 3. The van der Waals surface area contributed by atoms with Crippen molar-refractivity contribution >= 4 is 12.1 Å². The maximum absolute atomic E-state index is 13.2. The van der Waals surface area contributed by atoms with E-state index < -0.39 is 5.82 Å². The van der Waals surface area contributed by atoms with Gasteiger partial charge in [0.1, 0.15) is 5.82 Å². The number of pyridine rings is 1. The molecule has 1 aliphatic rings. The van der Waals surface area contributed by atoms with Crippen LogP contribution in [0.5, 0.6) is 0 Å². The van der Waals surface area contributed by atoms with Crippen molar-refractivity contribution < 1.29 is 9.18 Å². The highest BCUT2D eigenvalue weighted by Gasteiger charge is 2.32. The molecule has 2 heterocycles. The molecule has 1 aromatic heterocycles. The van der Waals surface area contributed by atoms with E-state index in [1.807, 2.05) is 20.8 Å². The van der Waals surface area contributed by atoms with Crippen LogP contribution in [0.1, 0.15) is 38.8 Å². The Morgan fingerprint density at radius 2 is 2.16 bits per heavy atom. The predicted octanol–water partition coefficient (Wildman–Crippen LogP) is 2.77. The quantitative estimate of drug-likeness (QED) is 0.841. The first-order valence-corrected chi connectivity index (χ1v) is 6.46. The molecule has 0 bridgehead atoms. The lowest BCUT2D eigenvalue weighted by molar-refractivity contribution is -0.138. The van der Waals surface area contributed by atoms with E-state index in [-0.39, 0.29) is 23.8 Å². The summed E-state index contributed by atoms with van der Waals surface area (Å²) < 4.78 is 13.2. The van der Waals surface area contributed by atoms with Gasteiger partial charge in [0.05, 0.1) is 12.2 Å². The molecule has 0 aromatic carbocycles. The van der Waals surface area contributed by atoms with Gasteiger partial charge in [0, 0.05) is 24.8 Å². The molecular weight excluding hydrogens is 245 g/mol. The summed E-state index contributed by atoms with van der Waals surface area (Å²) in [5.74, 6) is -0.291. The van der Waals surface area contributed by atoms with Crippen molar-refractivity contribution in [3.8, 4) is 0 Å². The third kappa shape index (κ3) is 2.80. The third-order valence-corrected chi connectivity index (χ3v) is 3.56. The zero-order valence-corrected chi connectivity index (χ0v) is 11.4. The Morgan fingerprint density at radius 3 is 2.79 bits per heavy atom. The van der Waals surface area contributed by atoms with E-state index in [9.17, 15) is 9.18 Å². The largest absolute Gasteiger partial charge is 0.273 e. The summed E-state index contributed by atoms with van der Waals surface area (Å²) in [6.07, 6.45) is 5.03. The summed E-state index contributed by atoms with van der Waals surface area (Å²) >= 11 is 0. The first kappa shape index (κ1) is 13.6. The Labute approximate surface area is 112 Å². The molecule has 0 fully saturated rings. The standard InChI is InChI=1S/C14H18FN3O/c1-9(2)10(3)14(19)18-13(4-5-17-18)11-6-12(15)8-16-7-11/h5-10,13H,4H2,1-3H3. The summed E-state index contributed by atoms with van der Waals surface area (Å²) in [5, 5.41) is 5.59. The van der Waals surface area contributed by atoms with E-state index in [1.165, 1.54) is 11.1 Å². The number of halogens is 1. The van der Waals surface area contributed by atoms with E-state index >= 15 is 0 Å². The molecule has 1 amide bonds. The van der Waals surface area contributed by atoms with Crippen LogP contribution in [0.15, 0.2) is 23.6 Å². The molecule has 5 heteroatoms. The van der Waals surface area contributed by atoms with Crippen LogP contribution in [0.4, 0.5) is 4.39 Å². The monoisotopic (exact) mass is 263 g/mol. The Bertz CT molecular complexity index is 501. The minimum atomic E-state index is -0.395. The normalized spacial score (nSPS) is 20.1. The smallest absolute Gasteiger partial charge is 0.246 e. The highest BCUT2D eigenvalue weighted by atomic mass is 19.1. The molecule has 0 radical (unpaired) electrons. The molecule has 1 aliphatic heterocycles. The Hall–Kier alpha value is -1.78. The van der Waals surface area contributed by atoms with Crippen molar-refractivity contribution in [1.82, 2.24) is 9.99 Å². The Kier molecular flexibility index (Phi) is 3.93. The SMILES string of the molecule is CC(C)C(C)C(=O)N1N=CCC1c1cncc(F)c1. The minimum Gasteiger partial charge on any atom is -0.273 e. The number of rotatable bonds is 3. The van der Waals surface area contributed by atoms with Crippen molar-refractivity contribution in [1.29, 1.82) is 0 Å². The van der Waals surface area contributed by atoms with Gasteiger partial charge in [0.25, 0.3) is 0 Å². The maximum Gasteiger partial charge on any atom is 0.246 e. The zero-order valence-electron chi connectivity index (χ0n) is 11.4. The summed E-state index contributed by atoms with van der Waals surface area (Å²) in [4.78, 5) is 16.2. The molecule has 19 heavy (non-hydrogen) atoms. The molecule has 1 aromatic rings. The lowest BCUT2D eigenvalue weighted by Gasteiger charge is -2.26. The third-order valence-electron chi connectivity index (χ3n) is 3.56.